The molecule has 0 spiro atoms. The lowest BCUT2D eigenvalue weighted by Gasteiger charge is -2.24. The molecule has 25 heavy (non-hydrogen) atoms. The molecule has 0 aromatic heterocycles. The molecule has 0 heterocycles. The molecule has 0 aliphatic heterocycles. The van der Waals surface area contributed by atoms with Crippen molar-refractivity contribution in [3.63, 3.8) is 0 Å². The van der Waals surface area contributed by atoms with E-state index in [-0.39, 0.29) is 6.04 Å². The Bertz CT molecular complexity index is 691. The Morgan fingerprint density at radius 1 is 1.12 bits per heavy atom. The van der Waals surface area contributed by atoms with Gasteiger partial charge in [-0.25, -0.2) is 0 Å². The van der Waals surface area contributed by atoms with Crippen LogP contribution in [0, 0.1) is 0 Å². The summed E-state index contributed by atoms with van der Waals surface area (Å²) in [5.41, 5.74) is 2.26. The van der Waals surface area contributed by atoms with Crippen LogP contribution in [0.25, 0.3) is 0 Å². The zero-order valence-electron chi connectivity index (χ0n) is 14.8. The number of ether oxygens (including phenoxy) is 1. The maximum absolute atomic E-state index is 6.34. The Labute approximate surface area is 160 Å². The molecule has 0 saturated carbocycles. The first kappa shape index (κ1) is 19.5. The molecule has 2 aromatic carbocycles. The molecule has 0 aliphatic carbocycles. The van der Waals surface area contributed by atoms with Gasteiger partial charge < -0.3 is 20.3 Å². The van der Waals surface area contributed by atoms with Crippen molar-refractivity contribution >= 4 is 28.9 Å². The van der Waals surface area contributed by atoms with E-state index in [9.17, 15) is 0 Å². The summed E-state index contributed by atoms with van der Waals surface area (Å²) >= 11 is 11.7. The van der Waals surface area contributed by atoms with Crippen molar-refractivity contribution in [1.29, 1.82) is 0 Å². The van der Waals surface area contributed by atoms with E-state index in [0.717, 1.165) is 21.9 Å². The van der Waals surface area contributed by atoms with Crippen molar-refractivity contribution in [2.75, 3.05) is 27.7 Å². The fourth-order valence-corrected chi connectivity index (χ4v) is 2.99. The predicted octanol–water partition coefficient (Wildman–Crippen LogP) is 2.20. The van der Waals surface area contributed by atoms with Gasteiger partial charge in [0.05, 0.1) is 27.7 Å². The minimum absolute atomic E-state index is 0.217. The van der Waals surface area contributed by atoms with Gasteiger partial charge in [-0.2, -0.15) is 0 Å². The molecule has 0 unspecified atom stereocenters. The highest BCUT2D eigenvalue weighted by Crippen LogP contribution is 2.20. The summed E-state index contributed by atoms with van der Waals surface area (Å²) in [6.07, 6.45) is 0. The Kier molecular flexibility index (Phi) is 7.50. The monoisotopic (exact) mass is 378 g/mol. The Morgan fingerprint density at radius 2 is 1.80 bits per heavy atom. The molecular formula is C19H25ClN3OS+. The number of hydrogen-bond donors (Lipinski definition) is 3. The van der Waals surface area contributed by atoms with Crippen LogP contribution in [-0.2, 0) is 6.54 Å². The molecule has 2 rings (SSSR count). The van der Waals surface area contributed by atoms with Crippen LogP contribution in [0.4, 0.5) is 0 Å². The molecule has 0 bridgehead atoms. The molecule has 3 N–H and O–H groups in total. The van der Waals surface area contributed by atoms with Crippen LogP contribution in [0.15, 0.2) is 48.5 Å². The van der Waals surface area contributed by atoms with Crippen LogP contribution in [0.2, 0.25) is 5.02 Å². The number of methoxy groups -OCH3 is 1. The van der Waals surface area contributed by atoms with Crippen molar-refractivity contribution in [2.45, 2.75) is 12.6 Å². The average Bonchev–Trinajstić information content (AvgIpc) is 2.61. The zero-order chi connectivity index (χ0) is 18.2. The first-order valence-corrected chi connectivity index (χ1v) is 8.99. The first-order valence-electron chi connectivity index (χ1n) is 8.20. The second kappa shape index (κ2) is 9.61. The summed E-state index contributed by atoms with van der Waals surface area (Å²) in [6.45, 7) is 1.38. The zero-order valence-corrected chi connectivity index (χ0v) is 16.4. The third-order valence-corrected chi connectivity index (χ3v) is 4.69. The van der Waals surface area contributed by atoms with Gasteiger partial charge in [0.15, 0.2) is 5.11 Å². The normalized spacial score (nSPS) is 11.9. The highest BCUT2D eigenvalue weighted by molar-refractivity contribution is 7.80. The minimum atomic E-state index is 0.217. The summed E-state index contributed by atoms with van der Waals surface area (Å²) < 4.78 is 5.16. The number of nitrogens with one attached hydrogen (secondary N) is 3. The van der Waals surface area contributed by atoms with Gasteiger partial charge in [0.25, 0.3) is 0 Å². The van der Waals surface area contributed by atoms with Crippen molar-refractivity contribution in [2.24, 2.45) is 0 Å². The fraction of sp³-hybridized carbons (Fsp3) is 0.316. The maximum atomic E-state index is 6.34. The van der Waals surface area contributed by atoms with E-state index in [1.807, 2.05) is 42.5 Å². The van der Waals surface area contributed by atoms with Gasteiger partial charge >= 0.3 is 0 Å². The van der Waals surface area contributed by atoms with E-state index in [0.29, 0.717) is 18.2 Å². The molecule has 2 aromatic rings. The number of halogens is 1. The minimum Gasteiger partial charge on any atom is -0.497 e. The van der Waals surface area contributed by atoms with Gasteiger partial charge in [-0.05, 0) is 36.0 Å². The van der Waals surface area contributed by atoms with Crippen LogP contribution in [0.3, 0.4) is 0 Å². The topological polar surface area (TPSA) is 37.7 Å². The molecule has 4 nitrogen and oxygen atoms in total. The highest BCUT2D eigenvalue weighted by atomic mass is 35.5. The quantitative estimate of drug-likeness (QED) is 0.646. The van der Waals surface area contributed by atoms with Crippen molar-refractivity contribution < 1.29 is 9.64 Å². The summed E-state index contributed by atoms with van der Waals surface area (Å²) in [5.74, 6) is 0.848. The van der Waals surface area contributed by atoms with Crippen LogP contribution >= 0.6 is 23.8 Å². The largest absolute Gasteiger partial charge is 0.497 e. The number of benzene rings is 2. The van der Waals surface area contributed by atoms with Crippen LogP contribution in [0.1, 0.15) is 17.2 Å². The van der Waals surface area contributed by atoms with Gasteiger partial charge in [0, 0.05) is 17.1 Å². The summed E-state index contributed by atoms with van der Waals surface area (Å²) in [7, 11) is 5.89. The Hall–Kier alpha value is -1.82. The molecule has 134 valence electrons. The van der Waals surface area contributed by atoms with Gasteiger partial charge in [0.2, 0.25) is 0 Å². The van der Waals surface area contributed by atoms with Crippen LogP contribution in [0.5, 0.6) is 5.75 Å². The second-order valence-corrected chi connectivity index (χ2v) is 6.88. The highest BCUT2D eigenvalue weighted by Gasteiger charge is 2.20. The molecule has 6 heteroatoms. The molecule has 0 saturated heterocycles. The first-order chi connectivity index (χ1) is 12.0. The van der Waals surface area contributed by atoms with E-state index in [1.165, 1.54) is 4.90 Å². The van der Waals surface area contributed by atoms with E-state index >= 15 is 0 Å². The average molecular weight is 379 g/mol. The lowest BCUT2D eigenvalue weighted by molar-refractivity contribution is -0.890. The third kappa shape index (κ3) is 5.88. The molecule has 0 amide bonds. The Morgan fingerprint density at radius 3 is 2.40 bits per heavy atom. The van der Waals surface area contributed by atoms with Crippen LogP contribution < -0.4 is 20.3 Å². The van der Waals surface area contributed by atoms with E-state index in [4.69, 9.17) is 28.6 Å². The van der Waals surface area contributed by atoms with Gasteiger partial charge in [0.1, 0.15) is 11.8 Å². The summed E-state index contributed by atoms with van der Waals surface area (Å²) in [4.78, 5) is 1.29. The molecular weight excluding hydrogens is 354 g/mol. The number of quaternary nitrogens is 1. The predicted molar refractivity (Wildman–Crippen MR) is 107 cm³/mol. The Balaban J connectivity index is 1.87. The van der Waals surface area contributed by atoms with E-state index < -0.39 is 0 Å². The van der Waals surface area contributed by atoms with Gasteiger partial charge in [-0.1, -0.05) is 41.9 Å². The molecule has 1 atom stereocenters. The standard InChI is InChI=1S/C19H24ClN3OS/c1-23(2)18(16-6-4-5-7-17(16)20)13-22-19(25)21-12-14-8-10-15(24-3)11-9-14/h4-11,18H,12-13H2,1-3H3,(H2,21,22,25)/p+1/t18-/m1/s1. The SMILES string of the molecule is COc1ccc(CNC(=S)NC[C@H](c2ccccc2Cl)[NH+](C)C)cc1. The molecule has 0 fully saturated rings. The number of thiocarbonyl (C=S) groups is 1. The summed E-state index contributed by atoms with van der Waals surface area (Å²) in [6, 6.07) is 16.1. The van der Waals surface area contributed by atoms with Gasteiger partial charge in [-0.3, -0.25) is 0 Å². The molecule has 0 aliphatic rings. The van der Waals surface area contributed by atoms with Crippen LogP contribution in [-0.4, -0.2) is 32.9 Å². The van der Waals surface area contributed by atoms with Crippen molar-refractivity contribution in [3.05, 3.63) is 64.7 Å². The second-order valence-electron chi connectivity index (χ2n) is 6.06. The maximum Gasteiger partial charge on any atom is 0.166 e. The van der Waals surface area contributed by atoms with Crippen molar-refractivity contribution in [3.8, 4) is 5.75 Å². The molecule has 0 radical (unpaired) electrons. The smallest absolute Gasteiger partial charge is 0.166 e. The fourth-order valence-electron chi connectivity index (χ4n) is 2.57. The van der Waals surface area contributed by atoms with E-state index in [1.54, 1.807) is 7.11 Å². The number of hydrogen-bond acceptors (Lipinski definition) is 2. The van der Waals surface area contributed by atoms with Crippen molar-refractivity contribution in [1.82, 2.24) is 10.6 Å². The number of likely N-dealkylation sites (N-methyl/N-ethyl adjacent to an activating group) is 1. The third-order valence-electron chi connectivity index (χ3n) is 4.06. The lowest BCUT2D eigenvalue weighted by atomic mass is 10.1. The lowest BCUT2D eigenvalue weighted by Crippen LogP contribution is -3.07. The summed E-state index contributed by atoms with van der Waals surface area (Å²) in [5, 5.41) is 7.95. The van der Waals surface area contributed by atoms with Gasteiger partial charge in [-0.15, -0.1) is 0 Å². The van der Waals surface area contributed by atoms with E-state index in [2.05, 4.69) is 30.8 Å². The number of rotatable bonds is 7.